The standard InChI is InChI=1S/C21H18N6O3/c1-14-11-13-27(25-14)18-9-10-19(24-23-18)30-16-7-5-15(6-8-16)22-20(28)17-4-3-12-26(2)21(17)29/h3-13H,1-2H3,(H,22,28). The van der Waals surface area contributed by atoms with E-state index in [1.165, 1.54) is 10.6 Å². The summed E-state index contributed by atoms with van der Waals surface area (Å²) in [5, 5.41) is 15.1. The number of hydrogen-bond acceptors (Lipinski definition) is 6. The molecule has 1 amide bonds. The average molecular weight is 402 g/mol. The Kier molecular flexibility index (Phi) is 5.08. The highest BCUT2D eigenvalue weighted by atomic mass is 16.5. The lowest BCUT2D eigenvalue weighted by atomic mass is 10.2. The second-order valence-electron chi connectivity index (χ2n) is 6.55. The quantitative estimate of drug-likeness (QED) is 0.550. The highest BCUT2D eigenvalue weighted by Gasteiger charge is 2.11. The maximum atomic E-state index is 12.3. The van der Waals surface area contributed by atoms with E-state index in [-0.39, 0.29) is 11.1 Å². The van der Waals surface area contributed by atoms with Crippen LogP contribution in [0.4, 0.5) is 5.69 Å². The Morgan fingerprint density at radius 2 is 1.80 bits per heavy atom. The first kappa shape index (κ1) is 19.1. The van der Waals surface area contributed by atoms with Crippen molar-refractivity contribution in [1.29, 1.82) is 0 Å². The van der Waals surface area contributed by atoms with Crippen LogP contribution in [0.1, 0.15) is 16.1 Å². The lowest BCUT2D eigenvalue weighted by Gasteiger charge is -2.08. The molecule has 150 valence electrons. The third kappa shape index (κ3) is 4.09. The van der Waals surface area contributed by atoms with Crippen molar-refractivity contribution in [1.82, 2.24) is 24.5 Å². The second kappa shape index (κ2) is 8.00. The molecular weight excluding hydrogens is 384 g/mol. The van der Waals surface area contributed by atoms with Crippen LogP contribution in [-0.2, 0) is 7.05 Å². The molecule has 4 aromatic rings. The Hall–Kier alpha value is -4.27. The van der Waals surface area contributed by atoms with Crippen molar-refractivity contribution in [3.05, 3.63) is 88.6 Å². The monoisotopic (exact) mass is 402 g/mol. The molecule has 1 aromatic carbocycles. The molecule has 0 fully saturated rings. The number of carbonyl (C=O) groups excluding carboxylic acids is 1. The van der Waals surface area contributed by atoms with Crippen molar-refractivity contribution in [2.45, 2.75) is 6.92 Å². The van der Waals surface area contributed by atoms with Gasteiger partial charge in [0.25, 0.3) is 11.5 Å². The molecule has 0 aliphatic heterocycles. The number of aryl methyl sites for hydroxylation is 2. The molecule has 4 rings (SSSR count). The summed E-state index contributed by atoms with van der Waals surface area (Å²) in [4.78, 5) is 24.4. The van der Waals surface area contributed by atoms with Gasteiger partial charge in [-0.05, 0) is 55.5 Å². The molecule has 0 atom stereocenters. The summed E-state index contributed by atoms with van der Waals surface area (Å²) in [5.41, 5.74) is 1.14. The third-order valence-electron chi connectivity index (χ3n) is 4.29. The molecule has 0 aliphatic carbocycles. The van der Waals surface area contributed by atoms with Gasteiger partial charge in [-0.25, -0.2) is 4.68 Å². The maximum absolute atomic E-state index is 12.3. The van der Waals surface area contributed by atoms with E-state index in [2.05, 4.69) is 20.6 Å². The van der Waals surface area contributed by atoms with Gasteiger partial charge in [0.2, 0.25) is 5.88 Å². The summed E-state index contributed by atoms with van der Waals surface area (Å²) < 4.78 is 8.67. The molecule has 0 bridgehead atoms. The van der Waals surface area contributed by atoms with Crippen molar-refractivity contribution in [3.63, 3.8) is 0 Å². The van der Waals surface area contributed by atoms with Gasteiger partial charge in [0.15, 0.2) is 5.82 Å². The first-order valence-corrected chi connectivity index (χ1v) is 9.11. The van der Waals surface area contributed by atoms with E-state index in [0.717, 1.165) is 5.69 Å². The number of ether oxygens (including phenoxy) is 1. The average Bonchev–Trinajstić information content (AvgIpc) is 3.18. The van der Waals surface area contributed by atoms with Crippen LogP contribution in [0, 0.1) is 6.92 Å². The zero-order valence-electron chi connectivity index (χ0n) is 16.3. The van der Waals surface area contributed by atoms with Crippen LogP contribution < -0.4 is 15.6 Å². The molecule has 30 heavy (non-hydrogen) atoms. The topological polar surface area (TPSA) is 104 Å². The maximum Gasteiger partial charge on any atom is 0.263 e. The van der Waals surface area contributed by atoms with Crippen LogP contribution in [0.3, 0.4) is 0 Å². The minimum atomic E-state index is -0.472. The highest BCUT2D eigenvalue weighted by molar-refractivity contribution is 6.03. The predicted octanol–water partition coefficient (Wildman–Crippen LogP) is 2.71. The lowest BCUT2D eigenvalue weighted by molar-refractivity contribution is 0.102. The Bertz CT molecular complexity index is 1240. The van der Waals surface area contributed by atoms with E-state index < -0.39 is 5.91 Å². The van der Waals surface area contributed by atoms with Crippen LogP contribution in [0.2, 0.25) is 0 Å². The third-order valence-corrected chi connectivity index (χ3v) is 4.29. The smallest absolute Gasteiger partial charge is 0.263 e. The number of aromatic nitrogens is 5. The largest absolute Gasteiger partial charge is 0.438 e. The Morgan fingerprint density at radius 3 is 2.47 bits per heavy atom. The van der Waals surface area contributed by atoms with E-state index >= 15 is 0 Å². The molecule has 1 N–H and O–H groups in total. The lowest BCUT2D eigenvalue weighted by Crippen LogP contribution is -2.26. The van der Waals surface area contributed by atoms with Crippen LogP contribution in [-0.4, -0.2) is 30.5 Å². The zero-order valence-corrected chi connectivity index (χ0v) is 16.3. The molecule has 0 unspecified atom stereocenters. The van der Waals surface area contributed by atoms with E-state index in [4.69, 9.17) is 4.74 Å². The summed E-state index contributed by atoms with van der Waals surface area (Å²) in [6.45, 7) is 1.90. The number of amides is 1. The van der Waals surface area contributed by atoms with Crippen LogP contribution >= 0.6 is 0 Å². The van der Waals surface area contributed by atoms with Gasteiger partial charge in [0, 0.05) is 31.2 Å². The summed E-state index contributed by atoms with van der Waals surface area (Å²) in [5.74, 6) is 0.966. The number of nitrogens with one attached hydrogen (secondary N) is 1. The fourth-order valence-corrected chi connectivity index (χ4v) is 2.73. The van der Waals surface area contributed by atoms with Gasteiger partial charge < -0.3 is 14.6 Å². The Morgan fingerprint density at radius 1 is 1.00 bits per heavy atom. The first-order valence-electron chi connectivity index (χ1n) is 9.11. The number of benzene rings is 1. The van der Waals surface area contributed by atoms with Crippen LogP contribution in [0.5, 0.6) is 11.6 Å². The number of nitrogens with zero attached hydrogens (tertiary/aromatic N) is 5. The van der Waals surface area contributed by atoms with Gasteiger partial charge in [-0.1, -0.05) is 0 Å². The Balaban J connectivity index is 1.42. The van der Waals surface area contributed by atoms with Gasteiger partial charge in [-0.2, -0.15) is 5.10 Å². The molecule has 0 aliphatic rings. The number of hydrogen-bond donors (Lipinski definition) is 1. The van der Waals surface area contributed by atoms with Crippen LogP contribution in [0.15, 0.2) is 71.8 Å². The van der Waals surface area contributed by atoms with Gasteiger partial charge >= 0.3 is 0 Å². The predicted molar refractivity (Wildman–Crippen MR) is 110 cm³/mol. The van der Waals surface area contributed by atoms with Gasteiger partial charge in [0.05, 0.1) is 5.69 Å². The van der Waals surface area contributed by atoms with Gasteiger partial charge in [0.1, 0.15) is 11.3 Å². The van der Waals surface area contributed by atoms with Crippen molar-refractivity contribution >= 4 is 11.6 Å². The molecule has 0 radical (unpaired) electrons. The first-order chi connectivity index (χ1) is 14.5. The van der Waals surface area contributed by atoms with E-state index in [0.29, 0.717) is 23.1 Å². The number of rotatable bonds is 5. The fourth-order valence-electron chi connectivity index (χ4n) is 2.73. The number of carbonyl (C=O) groups is 1. The van der Waals surface area contributed by atoms with Gasteiger partial charge in [-0.15, -0.1) is 10.2 Å². The van der Waals surface area contributed by atoms with Crippen molar-refractivity contribution in [2.24, 2.45) is 7.05 Å². The molecule has 0 saturated carbocycles. The van der Waals surface area contributed by atoms with Crippen molar-refractivity contribution < 1.29 is 9.53 Å². The molecule has 3 heterocycles. The molecule has 3 aromatic heterocycles. The van der Waals surface area contributed by atoms with Crippen molar-refractivity contribution in [3.8, 4) is 17.4 Å². The molecule has 0 spiro atoms. The molecular formula is C21H18N6O3. The van der Waals surface area contributed by atoms with Crippen LogP contribution in [0.25, 0.3) is 5.82 Å². The second-order valence-corrected chi connectivity index (χ2v) is 6.55. The summed E-state index contributed by atoms with van der Waals surface area (Å²) in [6, 6.07) is 15.2. The van der Waals surface area contributed by atoms with Gasteiger partial charge in [-0.3, -0.25) is 9.59 Å². The molecule has 9 nitrogen and oxygen atoms in total. The van der Waals surface area contributed by atoms with Crippen molar-refractivity contribution in [2.75, 3.05) is 5.32 Å². The number of pyridine rings is 1. The minimum absolute atomic E-state index is 0.0723. The fraction of sp³-hybridized carbons (Fsp3) is 0.0952. The van der Waals surface area contributed by atoms with E-state index in [1.54, 1.807) is 66.6 Å². The highest BCUT2D eigenvalue weighted by Crippen LogP contribution is 2.21. The molecule has 0 saturated heterocycles. The summed E-state index contributed by atoms with van der Waals surface area (Å²) in [7, 11) is 1.59. The SMILES string of the molecule is Cc1ccn(-c2ccc(Oc3ccc(NC(=O)c4cccn(C)c4=O)cc3)nn2)n1. The van der Waals surface area contributed by atoms with E-state index in [9.17, 15) is 9.59 Å². The summed E-state index contributed by atoms with van der Waals surface area (Å²) in [6.07, 6.45) is 3.40. The Labute approximate surface area is 171 Å². The van der Waals surface area contributed by atoms with E-state index in [1.807, 2.05) is 13.0 Å². The summed E-state index contributed by atoms with van der Waals surface area (Å²) >= 11 is 0. The number of anilines is 1. The molecule has 9 heteroatoms. The normalized spacial score (nSPS) is 10.6. The zero-order chi connectivity index (χ0) is 21.1. The minimum Gasteiger partial charge on any atom is -0.438 e.